The fraction of sp³-hybridized carbons (Fsp3) is 0.125. The molecule has 0 aliphatic carbocycles. The zero-order valence-corrected chi connectivity index (χ0v) is 6.89. The average molecular weight is 165 g/mol. The van der Waals surface area contributed by atoms with Gasteiger partial charge in [0.25, 0.3) is 0 Å². The van der Waals surface area contributed by atoms with Crippen LogP contribution in [0.15, 0.2) is 16.4 Å². The highest BCUT2D eigenvalue weighted by atomic mass is 32.1. The van der Waals surface area contributed by atoms with Crippen LogP contribution in [0, 0.1) is 0 Å². The molecule has 0 radical (unpaired) electrons. The van der Waals surface area contributed by atoms with Crippen LogP contribution in [-0.2, 0) is 4.79 Å². The van der Waals surface area contributed by atoms with Gasteiger partial charge in [0, 0.05) is 24.9 Å². The fourth-order valence-corrected chi connectivity index (χ4v) is 1.53. The standard InChI is InChI=1S/C8H7NOS/c1-9-6-8-7(2-4-10)3-5-11-8/h2-3,5-6H,1H3. The highest BCUT2D eigenvalue weighted by Gasteiger charge is 1.96. The molecule has 1 rings (SSSR count). The monoisotopic (exact) mass is 165 g/mol. The highest BCUT2D eigenvalue weighted by Crippen LogP contribution is 2.14. The summed E-state index contributed by atoms with van der Waals surface area (Å²) >= 11 is 1.55. The van der Waals surface area contributed by atoms with E-state index in [0.717, 1.165) is 10.4 Å². The molecule has 1 aromatic rings. The van der Waals surface area contributed by atoms with E-state index >= 15 is 0 Å². The molecule has 1 aromatic heterocycles. The van der Waals surface area contributed by atoms with Crippen LogP contribution in [0.3, 0.4) is 0 Å². The normalized spacial score (nSPS) is 9.91. The third kappa shape index (κ3) is 1.87. The second-order valence-corrected chi connectivity index (χ2v) is 2.84. The molecule has 0 N–H and O–H groups in total. The summed E-state index contributed by atoms with van der Waals surface area (Å²) in [6.45, 7) is 0. The molecule has 0 aliphatic rings. The van der Waals surface area contributed by atoms with E-state index in [9.17, 15) is 4.79 Å². The number of aliphatic imine (C=N–C) groups is 1. The SMILES string of the molecule is CN=Cc1sccc1C=C=O. The Kier molecular flexibility index (Phi) is 2.78. The Morgan fingerprint density at radius 1 is 1.73 bits per heavy atom. The van der Waals surface area contributed by atoms with Crippen molar-refractivity contribution in [2.75, 3.05) is 7.05 Å². The Hall–Kier alpha value is -1.18. The van der Waals surface area contributed by atoms with E-state index < -0.39 is 0 Å². The highest BCUT2D eigenvalue weighted by molar-refractivity contribution is 7.12. The number of hydrogen-bond donors (Lipinski definition) is 0. The molecule has 0 fully saturated rings. The van der Waals surface area contributed by atoms with Gasteiger partial charge in [-0.2, -0.15) is 0 Å². The molecule has 0 spiro atoms. The largest absolute Gasteiger partial charge is 0.295 e. The van der Waals surface area contributed by atoms with Crippen LogP contribution in [-0.4, -0.2) is 19.2 Å². The molecule has 11 heavy (non-hydrogen) atoms. The average Bonchev–Trinajstić information content (AvgIpc) is 2.39. The van der Waals surface area contributed by atoms with E-state index in [1.807, 2.05) is 11.4 Å². The third-order valence-electron chi connectivity index (χ3n) is 1.19. The van der Waals surface area contributed by atoms with Gasteiger partial charge in [0.2, 0.25) is 0 Å². The Bertz CT molecular complexity index is 308. The van der Waals surface area contributed by atoms with Crippen molar-refractivity contribution in [3.63, 3.8) is 0 Å². The maximum Gasteiger partial charge on any atom is 0.125 e. The zero-order chi connectivity index (χ0) is 8.10. The predicted octanol–water partition coefficient (Wildman–Crippen LogP) is 1.64. The molecule has 0 amide bonds. The lowest BCUT2D eigenvalue weighted by atomic mass is 10.3. The summed E-state index contributed by atoms with van der Waals surface area (Å²) in [5, 5.41) is 1.92. The van der Waals surface area contributed by atoms with Gasteiger partial charge >= 0.3 is 0 Å². The van der Waals surface area contributed by atoms with Crippen molar-refractivity contribution >= 4 is 29.6 Å². The van der Waals surface area contributed by atoms with Crippen LogP contribution < -0.4 is 0 Å². The lowest BCUT2D eigenvalue weighted by Crippen LogP contribution is -1.76. The number of rotatable bonds is 2. The Morgan fingerprint density at radius 2 is 2.55 bits per heavy atom. The summed E-state index contributed by atoms with van der Waals surface area (Å²) in [5.74, 6) is 1.74. The first-order valence-corrected chi connectivity index (χ1v) is 3.97. The summed E-state index contributed by atoms with van der Waals surface area (Å²) in [6, 6.07) is 1.87. The Morgan fingerprint density at radius 3 is 3.18 bits per heavy atom. The zero-order valence-electron chi connectivity index (χ0n) is 6.07. The molecule has 2 nitrogen and oxygen atoms in total. The maximum absolute atomic E-state index is 10.0. The number of nitrogens with zero attached hydrogens (tertiary/aromatic N) is 1. The number of thiophene rings is 1. The molecule has 0 unspecified atom stereocenters. The van der Waals surface area contributed by atoms with E-state index in [1.54, 1.807) is 30.5 Å². The smallest absolute Gasteiger partial charge is 0.125 e. The van der Waals surface area contributed by atoms with Crippen molar-refractivity contribution in [1.29, 1.82) is 0 Å². The molecule has 56 valence electrons. The van der Waals surface area contributed by atoms with Crippen LogP contribution in [0.2, 0.25) is 0 Å². The quantitative estimate of drug-likeness (QED) is 0.484. The minimum Gasteiger partial charge on any atom is -0.295 e. The molecule has 0 bridgehead atoms. The molecule has 1 heterocycles. The molecule has 0 saturated heterocycles. The van der Waals surface area contributed by atoms with E-state index in [2.05, 4.69) is 4.99 Å². The van der Waals surface area contributed by atoms with Gasteiger partial charge in [-0.25, -0.2) is 4.79 Å². The molecular weight excluding hydrogens is 158 g/mol. The maximum atomic E-state index is 10.0. The third-order valence-corrected chi connectivity index (χ3v) is 2.06. The van der Waals surface area contributed by atoms with Gasteiger partial charge in [-0.15, -0.1) is 11.3 Å². The summed E-state index contributed by atoms with van der Waals surface area (Å²) in [4.78, 5) is 14.9. The van der Waals surface area contributed by atoms with Crippen molar-refractivity contribution in [2.45, 2.75) is 0 Å². The van der Waals surface area contributed by atoms with Crippen LogP contribution in [0.25, 0.3) is 6.08 Å². The molecule has 0 atom stereocenters. The van der Waals surface area contributed by atoms with Crippen LogP contribution in [0.1, 0.15) is 10.4 Å². The first-order chi connectivity index (χ1) is 5.38. The van der Waals surface area contributed by atoms with E-state index in [1.165, 1.54) is 6.08 Å². The summed E-state index contributed by atoms with van der Waals surface area (Å²) < 4.78 is 0. The van der Waals surface area contributed by atoms with Crippen molar-refractivity contribution in [3.8, 4) is 0 Å². The van der Waals surface area contributed by atoms with Gasteiger partial charge in [-0.3, -0.25) is 4.99 Å². The lowest BCUT2D eigenvalue weighted by molar-refractivity contribution is 0.570. The van der Waals surface area contributed by atoms with Crippen molar-refractivity contribution < 1.29 is 4.79 Å². The van der Waals surface area contributed by atoms with Crippen LogP contribution in [0.4, 0.5) is 0 Å². The first kappa shape index (κ1) is 7.92. The Labute approximate surface area is 68.9 Å². The molecule has 0 aliphatic heterocycles. The second-order valence-electron chi connectivity index (χ2n) is 1.89. The molecule has 0 saturated carbocycles. The van der Waals surface area contributed by atoms with E-state index in [4.69, 9.17) is 0 Å². The van der Waals surface area contributed by atoms with Crippen molar-refractivity contribution in [2.24, 2.45) is 4.99 Å². The minimum absolute atomic E-state index is 0.885. The number of hydrogen-bond acceptors (Lipinski definition) is 3. The number of carbonyl (C=O) groups excluding carboxylic acids is 1. The molecular formula is C8H7NOS. The van der Waals surface area contributed by atoms with Gasteiger partial charge in [0.05, 0.1) is 4.88 Å². The molecule has 3 heteroatoms. The van der Waals surface area contributed by atoms with Gasteiger partial charge in [0.15, 0.2) is 0 Å². The Balaban J connectivity index is 3.04. The topological polar surface area (TPSA) is 29.4 Å². The summed E-state index contributed by atoms with van der Waals surface area (Å²) in [6.07, 6.45) is 3.14. The van der Waals surface area contributed by atoms with Gasteiger partial charge < -0.3 is 0 Å². The second kappa shape index (κ2) is 3.86. The van der Waals surface area contributed by atoms with Crippen molar-refractivity contribution in [1.82, 2.24) is 0 Å². The summed E-state index contributed by atoms with van der Waals surface area (Å²) in [7, 11) is 1.70. The van der Waals surface area contributed by atoms with Crippen LogP contribution in [0.5, 0.6) is 0 Å². The van der Waals surface area contributed by atoms with Gasteiger partial charge in [-0.05, 0) is 11.4 Å². The van der Waals surface area contributed by atoms with Gasteiger partial charge in [0.1, 0.15) is 5.94 Å². The lowest BCUT2D eigenvalue weighted by Gasteiger charge is -1.84. The first-order valence-electron chi connectivity index (χ1n) is 3.09. The van der Waals surface area contributed by atoms with E-state index in [0.29, 0.717) is 0 Å². The molecule has 0 aromatic carbocycles. The fourth-order valence-electron chi connectivity index (χ4n) is 0.736. The minimum atomic E-state index is 0.885. The predicted molar refractivity (Wildman–Crippen MR) is 48.0 cm³/mol. The summed E-state index contributed by atoms with van der Waals surface area (Å²) in [5.41, 5.74) is 0.885. The van der Waals surface area contributed by atoms with Crippen LogP contribution >= 0.6 is 11.3 Å². The van der Waals surface area contributed by atoms with Gasteiger partial charge in [-0.1, -0.05) is 0 Å². The van der Waals surface area contributed by atoms with Crippen molar-refractivity contribution in [3.05, 3.63) is 21.9 Å². The van der Waals surface area contributed by atoms with E-state index in [-0.39, 0.29) is 0 Å².